The summed E-state index contributed by atoms with van der Waals surface area (Å²) in [4.78, 5) is 3.83. The van der Waals surface area contributed by atoms with Crippen LogP contribution in [-0.4, -0.2) is 29.8 Å². The van der Waals surface area contributed by atoms with E-state index in [1.165, 1.54) is 0 Å². The number of rotatable bonds is 5. The summed E-state index contributed by atoms with van der Waals surface area (Å²) in [6.45, 7) is 1.82. The average molecular weight is 250 g/mol. The summed E-state index contributed by atoms with van der Waals surface area (Å²) in [5, 5.41) is 11.2. The van der Waals surface area contributed by atoms with E-state index >= 15 is 0 Å². The second-order valence-electron chi connectivity index (χ2n) is 3.18. The van der Waals surface area contributed by atoms with Crippen LogP contribution in [0.1, 0.15) is 12.5 Å². The standard InChI is InChI=1S/C10H13F3N2O2/c1-2-14-8-5-7(10(11,12)13)6-9(15-8)17-4-3-16/h5-6,16H,2-4H2,1H3,(H,14,15). The average Bonchev–Trinajstić information content (AvgIpc) is 2.25. The minimum Gasteiger partial charge on any atom is -0.475 e. The Morgan fingerprint density at radius 2 is 2.12 bits per heavy atom. The lowest BCUT2D eigenvalue weighted by Crippen LogP contribution is -2.10. The predicted molar refractivity (Wildman–Crippen MR) is 56.0 cm³/mol. The van der Waals surface area contributed by atoms with Gasteiger partial charge in [-0.3, -0.25) is 0 Å². The van der Waals surface area contributed by atoms with Crippen LogP contribution in [0.5, 0.6) is 5.88 Å². The number of aliphatic hydroxyl groups is 1. The van der Waals surface area contributed by atoms with Crippen molar-refractivity contribution in [2.24, 2.45) is 0 Å². The van der Waals surface area contributed by atoms with Crippen molar-refractivity contribution in [3.63, 3.8) is 0 Å². The minimum absolute atomic E-state index is 0.0928. The molecule has 7 heteroatoms. The predicted octanol–water partition coefficient (Wildman–Crippen LogP) is 1.90. The highest BCUT2D eigenvalue weighted by atomic mass is 19.4. The number of aromatic nitrogens is 1. The van der Waals surface area contributed by atoms with E-state index in [0.717, 1.165) is 12.1 Å². The first-order valence-electron chi connectivity index (χ1n) is 5.04. The molecule has 1 aromatic rings. The second kappa shape index (κ2) is 5.72. The van der Waals surface area contributed by atoms with Crippen molar-refractivity contribution in [2.45, 2.75) is 13.1 Å². The Bertz CT molecular complexity index is 369. The number of alkyl halides is 3. The lowest BCUT2D eigenvalue weighted by Gasteiger charge is -2.12. The quantitative estimate of drug-likeness (QED) is 0.838. The first-order valence-corrected chi connectivity index (χ1v) is 5.04. The summed E-state index contributed by atoms with van der Waals surface area (Å²) in [6, 6.07) is 1.71. The summed E-state index contributed by atoms with van der Waals surface area (Å²) >= 11 is 0. The highest BCUT2D eigenvalue weighted by Crippen LogP contribution is 2.32. The molecule has 0 radical (unpaired) electrons. The fraction of sp³-hybridized carbons (Fsp3) is 0.500. The van der Waals surface area contributed by atoms with E-state index in [2.05, 4.69) is 10.3 Å². The summed E-state index contributed by atoms with van der Waals surface area (Å²) in [7, 11) is 0. The van der Waals surface area contributed by atoms with Crippen molar-refractivity contribution in [1.82, 2.24) is 4.98 Å². The number of aliphatic hydroxyl groups excluding tert-OH is 1. The number of ether oxygens (including phenoxy) is 1. The molecule has 0 spiro atoms. The van der Waals surface area contributed by atoms with Crippen molar-refractivity contribution in [3.05, 3.63) is 17.7 Å². The molecule has 96 valence electrons. The van der Waals surface area contributed by atoms with Crippen molar-refractivity contribution < 1.29 is 23.0 Å². The second-order valence-corrected chi connectivity index (χ2v) is 3.18. The molecule has 1 aromatic heterocycles. The minimum atomic E-state index is -4.45. The zero-order chi connectivity index (χ0) is 12.9. The maximum absolute atomic E-state index is 12.5. The van der Waals surface area contributed by atoms with Gasteiger partial charge < -0.3 is 15.2 Å². The first kappa shape index (κ1) is 13.6. The summed E-state index contributed by atoms with van der Waals surface area (Å²) < 4.78 is 42.5. The van der Waals surface area contributed by atoms with Gasteiger partial charge in [0.25, 0.3) is 0 Å². The van der Waals surface area contributed by atoms with Crippen LogP contribution in [0.3, 0.4) is 0 Å². The molecule has 0 unspecified atom stereocenters. The first-order chi connectivity index (χ1) is 7.97. The van der Waals surface area contributed by atoms with Gasteiger partial charge in [0.05, 0.1) is 12.2 Å². The van der Waals surface area contributed by atoms with Gasteiger partial charge in [0.15, 0.2) is 0 Å². The molecular weight excluding hydrogens is 237 g/mol. The topological polar surface area (TPSA) is 54.4 Å². The van der Waals surface area contributed by atoms with Crippen LogP contribution in [0.25, 0.3) is 0 Å². The largest absolute Gasteiger partial charge is 0.475 e. The van der Waals surface area contributed by atoms with Crippen LogP contribution in [-0.2, 0) is 6.18 Å². The number of nitrogens with one attached hydrogen (secondary N) is 1. The zero-order valence-corrected chi connectivity index (χ0v) is 9.21. The summed E-state index contributed by atoms with van der Waals surface area (Å²) in [5.41, 5.74) is -0.837. The van der Waals surface area contributed by atoms with Crippen LogP contribution < -0.4 is 10.1 Å². The molecule has 0 bridgehead atoms. The zero-order valence-electron chi connectivity index (χ0n) is 9.21. The number of hydrogen-bond acceptors (Lipinski definition) is 4. The third-order valence-corrected chi connectivity index (χ3v) is 1.83. The van der Waals surface area contributed by atoms with Crippen LogP contribution in [0, 0.1) is 0 Å². The maximum Gasteiger partial charge on any atom is 0.416 e. The molecule has 0 aliphatic rings. The lowest BCUT2D eigenvalue weighted by molar-refractivity contribution is -0.137. The van der Waals surface area contributed by atoms with E-state index in [1.54, 1.807) is 6.92 Å². The van der Waals surface area contributed by atoms with E-state index in [1.807, 2.05) is 0 Å². The molecule has 1 heterocycles. The Morgan fingerprint density at radius 3 is 2.65 bits per heavy atom. The van der Waals surface area contributed by atoms with Gasteiger partial charge in [0, 0.05) is 12.6 Å². The molecule has 0 aliphatic heterocycles. The van der Waals surface area contributed by atoms with E-state index in [-0.39, 0.29) is 24.9 Å². The van der Waals surface area contributed by atoms with Gasteiger partial charge >= 0.3 is 6.18 Å². The van der Waals surface area contributed by atoms with Crippen LogP contribution >= 0.6 is 0 Å². The third-order valence-electron chi connectivity index (χ3n) is 1.83. The highest BCUT2D eigenvalue weighted by molar-refractivity contribution is 5.42. The molecule has 17 heavy (non-hydrogen) atoms. The monoisotopic (exact) mass is 250 g/mol. The van der Waals surface area contributed by atoms with Gasteiger partial charge in [-0.2, -0.15) is 18.2 Å². The lowest BCUT2D eigenvalue weighted by atomic mass is 10.2. The van der Waals surface area contributed by atoms with Gasteiger partial charge in [-0.25, -0.2) is 0 Å². The number of anilines is 1. The van der Waals surface area contributed by atoms with Crippen LogP contribution in [0.15, 0.2) is 12.1 Å². The number of nitrogens with zero attached hydrogens (tertiary/aromatic N) is 1. The van der Waals surface area contributed by atoms with E-state index in [4.69, 9.17) is 9.84 Å². The molecule has 4 nitrogen and oxygen atoms in total. The molecule has 0 saturated heterocycles. The number of pyridine rings is 1. The van der Waals surface area contributed by atoms with Gasteiger partial charge in [-0.1, -0.05) is 0 Å². The Hall–Kier alpha value is -1.50. The SMILES string of the molecule is CCNc1cc(C(F)(F)F)cc(OCCO)n1. The van der Waals surface area contributed by atoms with E-state index in [9.17, 15) is 13.2 Å². The maximum atomic E-state index is 12.5. The van der Waals surface area contributed by atoms with Crippen LogP contribution in [0.4, 0.5) is 19.0 Å². The van der Waals surface area contributed by atoms with Gasteiger partial charge in [0.2, 0.25) is 5.88 Å². The summed E-state index contributed by atoms with van der Waals surface area (Å²) in [6.07, 6.45) is -4.45. The Kier molecular flexibility index (Phi) is 4.56. The van der Waals surface area contributed by atoms with Crippen molar-refractivity contribution in [3.8, 4) is 5.88 Å². The van der Waals surface area contributed by atoms with E-state index in [0.29, 0.717) is 6.54 Å². The van der Waals surface area contributed by atoms with Gasteiger partial charge in [-0.05, 0) is 13.0 Å². The van der Waals surface area contributed by atoms with Gasteiger partial charge in [-0.15, -0.1) is 0 Å². The molecule has 0 aliphatic carbocycles. The smallest absolute Gasteiger partial charge is 0.416 e. The molecule has 0 amide bonds. The van der Waals surface area contributed by atoms with E-state index < -0.39 is 11.7 Å². The fourth-order valence-electron chi connectivity index (χ4n) is 1.16. The molecule has 2 N–H and O–H groups in total. The normalized spacial score (nSPS) is 11.4. The van der Waals surface area contributed by atoms with Crippen LogP contribution in [0.2, 0.25) is 0 Å². The highest BCUT2D eigenvalue weighted by Gasteiger charge is 2.31. The van der Waals surface area contributed by atoms with Gasteiger partial charge in [0.1, 0.15) is 12.4 Å². The number of halogens is 3. The Balaban J connectivity index is 3.01. The molecule has 0 aromatic carbocycles. The molecule has 1 rings (SSSR count). The van der Waals surface area contributed by atoms with Crippen molar-refractivity contribution in [1.29, 1.82) is 0 Å². The third kappa shape index (κ3) is 4.10. The molecule has 0 saturated carbocycles. The fourth-order valence-corrected chi connectivity index (χ4v) is 1.16. The van der Waals surface area contributed by atoms with Crippen molar-refractivity contribution in [2.75, 3.05) is 25.1 Å². The molecule has 0 atom stereocenters. The molecule has 0 fully saturated rings. The Morgan fingerprint density at radius 1 is 1.41 bits per heavy atom. The summed E-state index contributed by atoms with van der Waals surface area (Å²) in [5.74, 6) is -0.0694. The van der Waals surface area contributed by atoms with Crippen molar-refractivity contribution >= 4 is 5.82 Å². The molecular formula is C10H13F3N2O2. The number of hydrogen-bond donors (Lipinski definition) is 2. The Labute approximate surface area is 96.4 Å².